The average Bonchev–Trinajstić information content (AvgIpc) is 2.95. The number of carbonyl (C=O) groups excluding carboxylic acids is 1. The summed E-state index contributed by atoms with van der Waals surface area (Å²) in [6.45, 7) is 2.57. The van der Waals surface area contributed by atoms with Crippen LogP contribution in [0.15, 0.2) is 46.0 Å². The van der Waals surface area contributed by atoms with E-state index in [1.54, 1.807) is 12.5 Å². The van der Waals surface area contributed by atoms with E-state index in [9.17, 15) is 9.59 Å². The van der Waals surface area contributed by atoms with Gasteiger partial charge in [-0.3, -0.25) is 4.79 Å². The van der Waals surface area contributed by atoms with Gasteiger partial charge in [0.25, 0.3) is 0 Å². The third-order valence-electron chi connectivity index (χ3n) is 3.31. The second kappa shape index (κ2) is 6.43. The van der Waals surface area contributed by atoms with Gasteiger partial charge in [0, 0.05) is 12.5 Å². The Balaban J connectivity index is 1.80. The summed E-state index contributed by atoms with van der Waals surface area (Å²) < 4.78 is 17.1. The summed E-state index contributed by atoms with van der Waals surface area (Å²) in [4.78, 5) is 22.8. The van der Waals surface area contributed by atoms with Crippen LogP contribution in [0.1, 0.15) is 12.5 Å². The molecule has 7 nitrogen and oxygen atoms in total. The Hall–Kier alpha value is -2.96. The first-order valence-electron chi connectivity index (χ1n) is 7.14. The normalized spacial score (nSPS) is 13.7. The number of ether oxygens (including phenoxy) is 2. The van der Waals surface area contributed by atoms with Crippen LogP contribution in [0.3, 0.4) is 0 Å². The lowest BCUT2D eigenvalue weighted by Crippen LogP contribution is -2.22. The molecular formula is C16H16N2O5. The Morgan fingerprint density at radius 3 is 2.61 bits per heavy atom. The van der Waals surface area contributed by atoms with Gasteiger partial charge in [0.15, 0.2) is 5.76 Å². The van der Waals surface area contributed by atoms with Crippen molar-refractivity contribution >= 4 is 11.7 Å². The summed E-state index contributed by atoms with van der Waals surface area (Å²) in [5.41, 5.74) is 1.56. The maximum Gasteiger partial charge on any atom is 0.365 e. The molecule has 0 fully saturated rings. The number of carbonyl (C=O) groups is 1. The zero-order valence-corrected chi connectivity index (χ0v) is 12.6. The van der Waals surface area contributed by atoms with Crippen LogP contribution in [0.25, 0.3) is 16.9 Å². The third-order valence-corrected chi connectivity index (χ3v) is 3.31. The molecule has 0 unspecified atom stereocenters. The Morgan fingerprint density at radius 2 is 1.96 bits per heavy atom. The van der Waals surface area contributed by atoms with Crippen LogP contribution < -0.4 is 10.9 Å². The fourth-order valence-electron chi connectivity index (χ4n) is 2.17. The van der Waals surface area contributed by atoms with Crippen LogP contribution in [0.4, 0.5) is 0 Å². The van der Waals surface area contributed by atoms with E-state index in [1.165, 1.54) is 11.7 Å². The van der Waals surface area contributed by atoms with E-state index < -0.39 is 5.63 Å². The Morgan fingerprint density at radius 1 is 1.22 bits per heavy atom. The highest BCUT2D eigenvalue weighted by Gasteiger charge is 2.12. The van der Waals surface area contributed by atoms with E-state index in [0.717, 1.165) is 11.1 Å². The first-order chi connectivity index (χ1) is 11.1. The molecule has 23 heavy (non-hydrogen) atoms. The Labute approximate surface area is 132 Å². The molecular weight excluding hydrogens is 300 g/mol. The van der Waals surface area contributed by atoms with Crippen molar-refractivity contribution in [3.63, 3.8) is 0 Å². The maximum atomic E-state index is 11.9. The topological polar surface area (TPSA) is 82.7 Å². The van der Waals surface area contributed by atoms with Crippen molar-refractivity contribution in [1.29, 1.82) is 0 Å². The number of nitrogens with zero attached hydrogens (tertiary/aromatic N) is 1. The molecule has 1 aromatic heterocycles. The highest BCUT2D eigenvalue weighted by molar-refractivity contribution is 5.72. The van der Waals surface area contributed by atoms with Gasteiger partial charge < -0.3 is 19.3 Å². The van der Waals surface area contributed by atoms with Crippen molar-refractivity contribution in [2.75, 3.05) is 13.2 Å². The van der Waals surface area contributed by atoms with Gasteiger partial charge in [-0.2, -0.15) is 4.74 Å². The molecule has 3 rings (SSSR count). The molecule has 2 aromatic rings. The zero-order chi connectivity index (χ0) is 16.2. The molecule has 1 aliphatic heterocycles. The number of rotatable bonds is 4. The highest BCUT2D eigenvalue weighted by atomic mass is 16.6. The van der Waals surface area contributed by atoms with Crippen LogP contribution in [0, 0.1) is 0 Å². The van der Waals surface area contributed by atoms with Gasteiger partial charge in [-0.25, -0.2) is 4.79 Å². The van der Waals surface area contributed by atoms with Gasteiger partial charge in [0.05, 0.1) is 11.8 Å². The maximum absolute atomic E-state index is 11.9. The molecule has 0 saturated carbocycles. The van der Waals surface area contributed by atoms with Crippen LogP contribution in [0.2, 0.25) is 0 Å². The molecule has 1 N–H and O–H groups in total. The lowest BCUT2D eigenvalue weighted by molar-refractivity contribution is -0.119. The molecule has 0 spiro atoms. The van der Waals surface area contributed by atoms with E-state index in [-0.39, 0.29) is 12.6 Å². The van der Waals surface area contributed by atoms with Gasteiger partial charge >= 0.3 is 5.63 Å². The molecule has 1 aromatic carbocycles. The number of nitrogens with one attached hydrogen (secondary N) is 1. The number of benzene rings is 1. The predicted octanol–water partition coefficient (Wildman–Crippen LogP) is 1.55. The van der Waals surface area contributed by atoms with Crippen molar-refractivity contribution < 1.29 is 18.8 Å². The minimum Gasteiger partial charge on any atom is -0.494 e. The number of amides is 1. The van der Waals surface area contributed by atoms with Gasteiger partial charge in [-0.15, -0.1) is 0 Å². The van der Waals surface area contributed by atoms with Crippen LogP contribution in [-0.4, -0.2) is 23.9 Å². The molecule has 1 aliphatic rings. The van der Waals surface area contributed by atoms with E-state index in [1.807, 2.05) is 24.3 Å². The fourth-order valence-corrected chi connectivity index (χ4v) is 2.17. The smallest absolute Gasteiger partial charge is 0.365 e. The van der Waals surface area contributed by atoms with E-state index in [0.29, 0.717) is 24.5 Å². The number of aromatic nitrogens is 1. The van der Waals surface area contributed by atoms with Gasteiger partial charge in [0.1, 0.15) is 26.1 Å². The second-order valence-corrected chi connectivity index (χ2v) is 5.01. The lowest BCUT2D eigenvalue weighted by Gasteiger charge is -2.15. The first kappa shape index (κ1) is 15.0. The SMILES string of the molecule is CC(=O)NCn1cc(-c2ccc(C3=COCCO3)cc2)c(=O)o1. The standard InChI is InChI=1S/C16H16N2O5/c1-11(19)17-10-18-8-14(16(20)23-18)12-2-4-13(5-3-12)15-9-21-6-7-22-15/h2-5,8-9H,6-7,10H2,1H3,(H,17,19). The van der Waals surface area contributed by atoms with Gasteiger partial charge in [-0.1, -0.05) is 24.3 Å². The van der Waals surface area contributed by atoms with Crippen LogP contribution >= 0.6 is 0 Å². The monoisotopic (exact) mass is 316 g/mol. The molecule has 120 valence electrons. The quantitative estimate of drug-likeness (QED) is 0.925. The van der Waals surface area contributed by atoms with E-state index >= 15 is 0 Å². The van der Waals surface area contributed by atoms with Crippen molar-refractivity contribution in [1.82, 2.24) is 10.1 Å². The van der Waals surface area contributed by atoms with Crippen molar-refractivity contribution in [3.05, 3.63) is 52.7 Å². The molecule has 2 heterocycles. The second-order valence-electron chi connectivity index (χ2n) is 5.01. The van der Waals surface area contributed by atoms with Crippen molar-refractivity contribution in [2.24, 2.45) is 0 Å². The van der Waals surface area contributed by atoms with E-state index in [4.69, 9.17) is 14.0 Å². The zero-order valence-electron chi connectivity index (χ0n) is 12.6. The summed E-state index contributed by atoms with van der Waals surface area (Å²) in [5, 5.41) is 2.56. The molecule has 7 heteroatoms. The molecule has 0 saturated heterocycles. The Kier molecular flexibility index (Phi) is 4.18. The van der Waals surface area contributed by atoms with Crippen molar-refractivity contribution in [2.45, 2.75) is 13.6 Å². The van der Waals surface area contributed by atoms with Crippen LogP contribution in [-0.2, 0) is 20.9 Å². The largest absolute Gasteiger partial charge is 0.494 e. The lowest BCUT2D eigenvalue weighted by atomic mass is 10.1. The fraction of sp³-hybridized carbons (Fsp3) is 0.250. The molecule has 0 aliphatic carbocycles. The van der Waals surface area contributed by atoms with Crippen LogP contribution in [0.5, 0.6) is 0 Å². The molecule has 0 bridgehead atoms. The highest BCUT2D eigenvalue weighted by Crippen LogP contribution is 2.22. The van der Waals surface area contributed by atoms with Gasteiger partial charge in [-0.05, 0) is 5.56 Å². The summed E-state index contributed by atoms with van der Waals surface area (Å²) in [6, 6.07) is 7.31. The summed E-state index contributed by atoms with van der Waals surface area (Å²) in [6.07, 6.45) is 3.14. The summed E-state index contributed by atoms with van der Waals surface area (Å²) >= 11 is 0. The number of hydrogen-bond acceptors (Lipinski definition) is 5. The molecule has 0 radical (unpaired) electrons. The molecule has 0 atom stereocenters. The Bertz CT molecular complexity index is 786. The van der Waals surface area contributed by atoms with Crippen molar-refractivity contribution in [3.8, 4) is 11.1 Å². The summed E-state index contributed by atoms with van der Waals surface area (Å²) in [7, 11) is 0. The molecule has 1 amide bonds. The first-order valence-corrected chi connectivity index (χ1v) is 7.14. The average molecular weight is 316 g/mol. The minimum absolute atomic E-state index is 0.112. The third kappa shape index (κ3) is 3.45. The summed E-state index contributed by atoms with van der Waals surface area (Å²) in [5.74, 6) is 0.466. The van der Waals surface area contributed by atoms with E-state index in [2.05, 4.69) is 5.32 Å². The minimum atomic E-state index is -0.459. The number of hydrogen-bond donors (Lipinski definition) is 1. The van der Waals surface area contributed by atoms with Gasteiger partial charge in [0.2, 0.25) is 5.91 Å². The predicted molar refractivity (Wildman–Crippen MR) is 82.1 cm³/mol.